The second kappa shape index (κ2) is 6.24. The van der Waals surface area contributed by atoms with Crippen molar-refractivity contribution in [2.45, 2.75) is 52.5 Å². The van der Waals surface area contributed by atoms with Crippen molar-refractivity contribution in [3.8, 4) is 0 Å². The summed E-state index contributed by atoms with van der Waals surface area (Å²) in [7, 11) is 0. The molecule has 100 valence electrons. The summed E-state index contributed by atoms with van der Waals surface area (Å²) in [5.41, 5.74) is 5.68. The van der Waals surface area contributed by atoms with Crippen LogP contribution in [0, 0.1) is 5.41 Å². The van der Waals surface area contributed by atoms with Crippen molar-refractivity contribution in [2.75, 3.05) is 19.6 Å². The number of nitrogens with two attached hydrogens (primary N) is 1. The lowest BCUT2D eigenvalue weighted by molar-refractivity contribution is 0.168. The van der Waals surface area contributed by atoms with E-state index < -0.39 is 0 Å². The van der Waals surface area contributed by atoms with E-state index in [2.05, 4.69) is 26.1 Å². The first-order valence-corrected chi connectivity index (χ1v) is 6.70. The lowest BCUT2D eigenvalue weighted by atomic mass is 9.85. The molecule has 1 aliphatic rings. The van der Waals surface area contributed by atoms with E-state index in [-0.39, 0.29) is 17.5 Å². The van der Waals surface area contributed by atoms with Crippen LogP contribution >= 0.6 is 0 Å². The molecule has 0 aliphatic carbocycles. The van der Waals surface area contributed by atoms with Crippen molar-refractivity contribution in [1.82, 2.24) is 10.2 Å². The van der Waals surface area contributed by atoms with Crippen LogP contribution in [0.1, 0.15) is 46.5 Å². The number of nitrogens with zero attached hydrogens (tertiary/aromatic N) is 1. The number of carbonyl (C=O) groups is 1. The van der Waals surface area contributed by atoms with Crippen molar-refractivity contribution in [1.29, 1.82) is 0 Å². The zero-order valence-corrected chi connectivity index (χ0v) is 11.5. The Morgan fingerprint density at radius 3 is 2.35 bits per heavy atom. The summed E-state index contributed by atoms with van der Waals surface area (Å²) >= 11 is 0. The normalized spacial score (nSPS) is 18.9. The average Bonchev–Trinajstić information content (AvgIpc) is 2.28. The topological polar surface area (TPSA) is 58.4 Å². The minimum Gasteiger partial charge on any atom is -0.335 e. The summed E-state index contributed by atoms with van der Waals surface area (Å²) in [6.07, 6.45) is 4.34. The van der Waals surface area contributed by atoms with Gasteiger partial charge in [0.2, 0.25) is 0 Å². The second-order valence-corrected chi connectivity index (χ2v) is 5.99. The number of nitrogens with one attached hydrogen (secondary N) is 1. The molecule has 0 spiro atoms. The molecule has 1 aliphatic heterocycles. The molecule has 1 saturated heterocycles. The predicted octanol–water partition coefficient (Wildman–Crippen LogP) is 1.95. The average molecular weight is 241 g/mol. The summed E-state index contributed by atoms with van der Waals surface area (Å²) < 4.78 is 0. The van der Waals surface area contributed by atoms with E-state index in [1.165, 1.54) is 6.42 Å². The van der Waals surface area contributed by atoms with Crippen LogP contribution < -0.4 is 11.1 Å². The van der Waals surface area contributed by atoms with E-state index >= 15 is 0 Å². The Morgan fingerprint density at radius 1 is 1.29 bits per heavy atom. The molecule has 0 bridgehead atoms. The number of likely N-dealkylation sites (tertiary alicyclic amines) is 1. The van der Waals surface area contributed by atoms with Gasteiger partial charge in [0.15, 0.2) is 0 Å². The molecule has 0 aromatic heterocycles. The molecule has 1 atom stereocenters. The Labute approximate surface area is 105 Å². The van der Waals surface area contributed by atoms with Gasteiger partial charge in [0, 0.05) is 19.1 Å². The van der Waals surface area contributed by atoms with E-state index in [0.29, 0.717) is 6.54 Å². The van der Waals surface area contributed by atoms with E-state index in [1.54, 1.807) is 0 Å². The smallest absolute Gasteiger partial charge is 0.317 e. The van der Waals surface area contributed by atoms with Crippen LogP contribution in [0.2, 0.25) is 0 Å². The largest absolute Gasteiger partial charge is 0.335 e. The minimum atomic E-state index is 0.0603. The van der Waals surface area contributed by atoms with Gasteiger partial charge in [0.25, 0.3) is 0 Å². The Hall–Kier alpha value is -0.770. The number of piperidine rings is 1. The highest BCUT2D eigenvalue weighted by atomic mass is 16.2. The third kappa shape index (κ3) is 4.54. The van der Waals surface area contributed by atoms with Gasteiger partial charge >= 0.3 is 6.03 Å². The zero-order valence-electron chi connectivity index (χ0n) is 11.5. The number of urea groups is 1. The molecule has 17 heavy (non-hydrogen) atoms. The predicted molar refractivity (Wildman–Crippen MR) is 70.9 cm³/mol. The van der Waals surface area contributed by atoms with E-state index in [4.69, 9.17) is 5.73 Å². The van der Waals surface area contributed by atoms with Gasteiger partial charge in [0.05, 0.1) is 0 Å². The fourth-order valence-corrected chi connectivity index (χ4v) is 2.23. The van der Waals surface area contributed by atoms with E-state index in [9.17, 15) is 4.79 Å². The molecule has 4 nitrogen and oxygen atoms in total. The first kappa shape index (κ1) is 14.3. The van der Waals surface area contributed by atoms with Crippen molar-refractivity contribution >= 4 is 6.03 Å². The van der Waals surface area contributed by atoms with Gasteiger partial charge in [0.1, 0.15) is 0 Å². The number of rotatable bonds is 3. The van der Waals surface area contributed by atoms with Gasteiger partial charge in [-0.15, -0.1) is 0 Å². The van der Waals surface area contributed by atoms with Crippen LogP contribution in [-0.4, -0.2) is 36.6 Å². The summed E-state index contributed by atoms with van der Waals surface area (Å²) in [5, 5.41) is 3.13. The van der Waals surface area contributed by atoms with Crippen LogP contribution in [-0.2, 0) is 0 Å². The molecule has 1 unspecified atom stereocenters. The molecule has 3 N–H and O–H groups in total. The molecule has 2 amide bonds. The lowest BCUT2D eigenvalue weighted by Crippen LogP contribution is -2.51. The first-order chi connectivity index (χ1) is 7.95. The number of hydrogen-bond acceptors (Lipinski definition) is 2. The summed E-state index contributed by atoms with van der Waals surface area (Å²) in [5.74, 6) is 0. The molecule has 0 radical (unpaired) electrons. The third-order valence-corrected chi connectivity index (χ3v) is 3.44. The first-order valence-electron chi connectivity index (χ1n) is 6.70. The second-order valence-electron chi connectivity index (χ2n) is 5.99. The van der Waals surface area contributed by atoms with Crippen molar-refractivity contribution in [3.05, 3.63) is 0 Å². The molecule has 1 heterocycles. The Balaban J connectivity index is 2.51. The molecule has 0 aromatic carbocycles. The maximum Gasteiger partial charge on any atom is 0.317 e. The summed E-state index contributed by atoms with van der Waals surface area (Å²) in [4.78, 5) is 14.0. The number of amides is 2. The highest BCUT2D eigenvalue weighted by Gasteiger charge is 2.27. The van der Waals surface area contributed by atoms with Crippen molar-refractivity contribution in [2.24, 2.45) is 11.1 Å². The molecule has 1 rings (SSSR count). The highest BCUT2D eigenvalue weighted by Crippen LogP contribution is 2.22. The monoisotopic (exact) mass is 241 g/mol. The molecule has 0 saturated carbocycles. The lowest BCUT2D eigenvalue weighted by Gasteiger charge is -2.35. The highest BCUT2D eigenvalue weighted by molar-refractivity contribution is 5.74. The third-order valence-electron chi connectivity index (χ3n) is 3.44. The zero-order chi connectivity index (χ0) is 12.9. The van der Waals surface area contributed by atoms with Crippen LogP contribution in [0.4, 0.5) is 4.79 Å². The standard InChI is InChI=1S/C13H27N3O/c1-13(2,3)11(7-8-14)15-12(17)16-9-5-4-6-10-16/h11H,4-10,14H2,1-3H3,(H,15,17). The summed E-state index contributed by atoms with van der Waals surface area (Å²) in [6, 6.07) is 0.236. The van der Waals surface area contributed by atoms with Gasteiger partial charge in [-0.25, -0.2) is 4.79 Å². The summed E-state index contributed by atoms with van der Waals surface area (Å²) in [6.45, 7) is 8.83. The van der Waals surface area contributed by atoms with Gasteiger partial charge in [-0.1, -0.05) is 20.8 Å². The van der Waals surface area contributed by atoms with Crippen molar-refractivity contribution in [3.63, 3.8) is 0 Å². The van der Waals surface area contributed by atoms with Crippen LogP contribution in [0.3, 0.4) is 0 Å². The Morgan fingerprint density at radius 2 is 1.88 bits per heavy atom. The molecular weight excluding hydrogens is 214 g/mol. The van der Waals surface area contributed by atoms with Gasteiger partial charge in [-0.05, 0) is 37.6 Å². The van der Waals surface area contributed by atoms with Crippen LogP contribution in [0.25, 0.3) is 0 Å². The quantitative estimate of drug-likeness (QED) is 0.793. The number of carbonyl (C=O) groups excluding carboxylic acids is 1. The minimum absolute atomic E-state index is 0.0603. The Kier molecular flexibility index (Phi) is 5.25. The molecule has 4 heteroatoms. The van der Waals surface area contributed by atoms with E-state index in [0.717, 1.165) is 32.4 Å². The molecule has 1 fully saturated rings. The fourth-order valence-electron chi connectivity index (χ4n) is 2.23. The van der Waals surface area contributed by atoms with E-state index in [1.807, 2.05) is 4.90 Å². The molecular formula is C13H27N3O. The van der Waals surface area contributed by atoms with Crippen molar-refractivity contribution < 1.29 is 4.79 Å². The van der Waals surface area contributed by atoms with Crippen LogP contribution in [0.5, 0.6) is 0 Å². The number of hydrogen-bond donors (Lipinski definition) is 2. The van der Waals surface area contributed by atoms with Gasteiger partial charge in [-0.3, -0.25) is 0 Å². The SMILES string of the molecule is CC(C)(C)C(CCN)NC(=O)N1CCCCC1. The Bertz CT molecular complexity index is 242. The van der Waals surface area contributed by atoms with Crippen LogP contribution in [0.15, 0.2) is 0 Å². The maximum atomic E-state index is 12.1. The maximum absolute atomic E-state index is 12.1. The van der Waals surface area contributed by atoms with Gasteiger partial charge < -0.3 is 16.0 Å². The fraction of sp³-hybridized carbons (Fsp3) is 0.923. The van der Waals surface area contributed by atoms with Gasteiger partial charge in [-0.2, -0.15) is 0 Å². The molecule has 0 aromatic rings.